The molecule has 2 heteroatoms. The molecule has 0 fully saturated rings. The lowest BCUT2D eigenvalue weighted by molar-refractivity contribution is 0.599. The average molecular weight is 235 g/mol. The first-order valence-electron chi connectivity index (χ1n) is 6.19. The highest BCUT2D eigenvalue weighted by Gasteiger charge is 2.10. The van der Waals surface area contributed by atoms with Gasteiger partial charge in [0.15, 0.2) is 0 Å². The topological polar surface area (TPSA) is 12.0 Å². The Labute approximate surface area is 104 Å². The van der Waals surface area contributed by atoms with Crippen molar-refractivity contribution in [2.75, 3.05) is 6.54 Å². The summed E-state index contributed by atoms with van der Waals surface area (Å²) in [4.78, 5) is 0. The fraction of sp³-hybridized carbons (Fsp3) is 0.467. The van der Waals surface area contributed by atoms with Gasteiger partial charge in [-0.15, -0.1) is 0 Å². The number of rotatable bonds is 5. The van der Waals surface area contributed by atoms with Gasteiger partial charge in [0, 0.05) is 0 Å². The molecule has 0 aliphatic heterocycles. The van der Waals surface area contributed by atoms with Crippen LogP contribution in [0.4, 0.5) is 4.39 Å². The van der Waals surface area contributed by atoms with Gasteiger partial charge in [-0.25, -0.2) is 4.39 Å². The van der Waals surface area contributed by atoms with Crippen molar-refractivity contribution in [2.45, 2.75) is 40.2 Å². The number of nitrogens with one attached hydrogen (secondary N) is 1. The van der Waals surface area contributed by atoms with Crippen molar-refractivity contribution in [2.24, 2.45) is 0 Å². The molecule has 0 radical (unpaired) electrons. The van der Waals surface area contributed by atoms with Crippen LogP contribution in [-0.2, 0) is 0 Å². The van der Waals surface area contributed by atoms with Crippen molar-refractivity contribution in [1.29, 1.82) is 0 Å². The monoisotopic (exact) mass is 235 g/mol. The molecule has 94 valence electrons. The summed E-state index contributed by atoms with van der Waals surface area (Å²) in [6.07, 6.45) is 3.28. The molecule has 1 N–H and O–H groups in total. The summed E-state index contributed by atoms with van der Waals surface area (Å²) in [7, 11) is 0. The number of aryl methyl sites for hydroxylation is 1. The van der Waals surface area contributed by atoms with Crippen LogP contribution in [0.5, 0.6) is 0 Å². The summed E-state index contributed by atoms with van der Waals surface area (Å²) in [6, 6.07) is 5.18. The Morgan fingerprint density at radius 3 is 2.65 bits per heavy atom. The lowest BCUT2D eigenvalue weighted by Crippen LogP contribution is -2.21. The van der Waals surface area contributed by atoms with Gasteiger partial charge in [-0.2, -0.15) is 0 Å². The van der Waals surface area contributed by atoms with Gasteiger partial charge in [0.1, 0.15) is 5.82 Å². The van der Waals surface area contributed by atoms with E-state index in [9.17, 15) is 4.39 Å². The van der Waals surface area contributed by atoms with Crippen LogP contribution in [0.15, 0.2) is 29.8 Å². The summed E-state index contributed by atoms with van der Waals surface area (Å²) >= 11 is 0. The van der Waals surface area contributed by atoms with E-state index in [1.54, 1.807) is 6.07 Å². The van der Waals surface area contributed by atoms with Crippen LogP contribution in [0.1, 0.15) is 44.4 Å². The minimum absolute atomic E-state index is 0.169. The van der Waals surface area contributed by atoms with E-state index in [0.717, 1.165) is 24.1 Å². The van der Waals surface area contributed by atoms with Crippen molar-refractivity contribution < 1.29 is 4.39 Å². The fourth-order valence-corrected chi connectivity index (χ4v) is 1.88. The number of allylic oxidation sites excluding steroid dienone is 1. The Morgan fingerprint density at radius 1 is 1.41 bits per heavy atom. The number of hydrogen-bond donors (Lipinski definition) is 1. The third-order valence-electron chi connectivity index (χ3n) is 2.68. The van der Waals surface area contributed by atoms with Gasteiger partial charge in [0.05, 0.1) is 6.04 Å². The quantitative estimate of drug-likeness (QED) is 0.756. The second-order valence-electron chi connectivity index (χ2n) is 4.68. The third kappa shape index (κ3) is 4.31. The van der Waals surface area contributed by atoms with Gasteiger partial charge in [0.2, 0.25) is 0 Å². The van der Waals surface area contributed by atoms with E-state index < -0.39 is 0 Å². The zero-order valence-corrected chi connectivity index (χ0v) is 11.2. The van der Waals surface area contributed by atoms with Gasteiger partial charge >= 0.3 is 0 Å². The van der Waals surface area contributed by atoms with Crippen molar-refractivity contribution >= 4 is 0 Å². The molecular weight excluding hydrogens is 213 g/mol. The van der Waals surface area contributed by atoms with E-state index in [1.165, 1.54) is 11.6 Å². The lowest BCUT2D eigenvalue weighted by Gasteiger charge is -2.18. The molecule has 1 nitrogen and oxygen atoms in total. The summed E-state index contributed by atoms with van der Waals surface area (Å²) < 4.78 is 13.1. The Balaban J connectivity index is 2.99. The largest absolute Gasteiger partial charge is 0.307 e. The molecule has 0 aliphatic rings. The minimum atomic E-state index is -0.169. The zero-order valence-electron chi connectivity index (χ0n) is 11.2. The molecule has 1 aromatic carbocycles. The van der Waals surface area contributed by atoms with Crippen molar-refractivity contribution in [1.82, 2.24) is 5.32 Å². The molecule has 0 aliphatic carbocycles. The first kappa shape index (κ1) is 13.9. The maximum atomic E-state index is 13.1. The van der Waals surface area contributed by atoms with E-state index in [0.29, 0.717) is 0 Å². The van der Waals surface area contributed by atoms with Crippen LogP contribution < -0.4 is 5.32 Å². The molecule has 0 heterocycles. The Hall–Kier alpha value is -1.15. The molecule has 0 saturated heterocycles. The maximum Gasteiger partial charge on any atom is 0.123 e. The van der Waals surface area contributed by atoms with Gasteiger partial charge in [0.25, 0.3) is 0 Å². The SMILES string of the molecule is CCCNC(C=C(C)C)c1ccc(F)cc1C. The lowest BCUT2D eigenvalue weighted by atomic mass is 9.99. The summed E-state index contributed by atoms with van der Waals surface area (Å²) in [6.45, 7) is 9.23. The van der Waals surface area contributed by atoms with Crippen LogP contribution in [0, 0.1) is 12.7 Å². The van der Waals surface area contributed by atoms with Crippen LogP contribution in [0.3, 0.4) is 0 Å². The third-order valence-corrected chi connectivity index (χ3v) is 2.68. The van der Waals surface area contributed by atoms with Crippen LogP contribution in [0.25, 0.3) is 0 Å². The van der Waals surface area contributed by atoms with Crippen LogP contribution in [0.2, 0.25) is 0 Å². The van der Waals surface area contributed by atoms with Crippen LogP contribution in [-0.4, -0.2) is 6.54 Å². The van der Waals surface area contributed by atoms with Gasteiger partial charge in [-0.05, 0) is 57.0 Å². The van der Waals surface area contributed by atoms with Crippen molar-refractivity contribution in [3.05, 3.63) is 46.8 Å². The minimum Gasteiger partial charge on any atom is -0.307 e. The molecule has 0 aromatic heterocycles. The zero-order chi connectivity index (χ0) is 12.8. The smallest absolute Gasteiger partial charge is 0.123 e. The van der Waals surface area contributed by atoms with Crippen molar-refractivity contribution in [3.63, 3.8) is 0 Å². The molecule has 0 spiro atoms. The van der Waals surface area contributed by atoms with Gasteiger partial charge in [-0.3, -0.25) is 0 Å². The molecule has 1 unspecified atom stereocenters. The number of hydrogen-bond acceptors (Lipinski definition) is 1. The second kappa shape index (κ2) is 6.55. The predicted octanol–water partition coefficient (Wildman–Crippen LogP) is 4.14. The summed E-state index contributed by atoms with van der Waals surface area (Å²) in [5.74, 6) is -0.169. The van der Waals surface area contributed by atoms with E-state index >= 15 is 0 Å². The fourth-order valence-electron chi connectivity index (χ4n) is 1.88. The normalized spacial score (nSPS) is 12.3. The maximum absolute atomic E-state index is 13.1. The Bertz CT molecular complexity index is 392. The molecule has 0 saturated carbocycles. The van der Waals surface area contributed by atoms with E-state index in [1.807, 2.05) is 13.0 Å². The van der Waals surface area contributed by atoms with Crippen molar-refractivity contribution in [3.8, 4) is 0 Å². The van der Waals surface area contributed by atoms with Gasteiger partial charge < -0.3 is 5.32 Å². The summed E-state index contributed by atoms with van der Waals surface area (Å²) in [5.41, 5.74) is 3.42. The van der Waals surface area contributed by atoms with E-state index in [4.69, 9.17) is 0 Å². The second-order valence-corrected chi connectivity index (χ2v) is 4.68. The highest BCUT2D eigenvalue weighted by molar-refractivity contribution is 5.32. The average Bonchev–Trinajstić information content (AvgIpc) is 2.24. The number of benzene rings is 1. The standard InChI is InChI=1S/C15H22FN/c1-5-8-17-15(9-11(2)3)14-7-6-13(16)10-12(14)4/h6-7,9-10,15,17H,5,8H2,1-4H3. The first-order valence-corrected chi connectivity index (χ1v) is 6.19. The molecular formula is C15H22FN. The Kier molecular flexibility index (Phi) is 5.36. The molecule has 0 bridgehead atoms. The molecule has 1 atom stereocenters. The Morgan fingerprint density at radius 2 is 2.12 bits per heavy atom. The molecule has 17 heavy (non-hydrogen) atoms. The molecule has 1 aromatic rings. The van der Waals surface area contributed by atoms with E-state index in [2.05, 4.69) is 32.2 Å². The molecule has 0 amide bonds. The highest BCUT2D eigenvalue weighted by Crippen LogP contribution is 2.21. The highest BCUT2D eigenvalue weighted by atomic mass is 19.1. The molecule has 1 rings (SSSR count). The van der Waals surface area contributed by atoms with Crippen LogP contribution >= 0.6 is 0 Å². The summed E-state index contributed by atoms with van der Waals surface area (Å²) in [5, 5.41) is 3.48. The number of halogens is 1. The van der Waals surface area contributed by atoms with E-state index in [-0.39, 0.29) is 11.9 Å². The predicted molar refractivity (Wildman–Crippen MR) is 71.6 cm³/mol. The first-order chi connectivity index (χ1) is 8.04. The van der Waals surface area contributed by atoms with Gasteiger partial charge in [-0.1, -0.05) is 24.6 Å².